The Balaban J connectivity index is 2.99. The topological polar surface area (TPSA) is 66.4 Å². The van der Waals surface area contributed by atoms with E-state index in [1.54, 1.807) is 0 Å². The summed E-state index contributed by atoms with van der Waals surface area (Å²) in [4.78, 5) is 0. The van der Waals surface area contributed by atoms with Crippen molar-refractivity contribution in [2.75, 3.05) is 11.3 Å². The van der Waals surface area contributed by atoms with Gasteiger partial charge in [0.1, 0.15) is 12.4 Å². The Morgan fingerprint density at radius 1 is 1.39 bits per heavy atom. The smallest absolute Gasteiger partial charge is 0.355 e. The van der Waals surface area contributed by atoms with Crippen LogP contribution in [0.25, 0.3) is 0 Å². The average Bonchev–Trinajstić information content (AvgIpc) is 2.27. The van der Waals surface area contributed by atoms with E-state index in [4.69, 9.17) is 5.11 Å². The molecule has 0 amide bonds. The van der Waals surface area contributed by atoms with Crippen molar-refractivity contribution in [3.05, 3.63) is 29.6 Å². The van der Waals surface area contributed by atoms with Crippen molar-refractivity contribution in [2.24, 2.45) is 0 Å². The number of sulfonamides is 1. The molecule has 1 rings (SSSR count). The number of aliphatic hydroxyl groups excluding tert-OH is 1. The van der Waals surface area contributed by atoms with Crippen LogP contribution in [0.15, 0.2) is 18.2 Å². The van der Waals surface area contributed by atoms with Gasteiger partial charge in [0.2, 0.25) is 0 Å². The quantitative estimate of drug-likeness (QED) is 0.815. The first kappa shape index (κ1) is 14.3. The van der Waals surface area contributed by atoms with Gasteiger partial charge < -0.3 is 5.11 Å². The van der Waals surface area contributed by atoms with Crippen molar-refractivity contribution in [1.29, 1.82) is 0 Å². The molecule has 0 bridgehead atoms. The Bertz CT molecular complexity index is 590. The first-order chi connectivity index (χ1) is 8.36. The number of benzene rings is 1. The molecule has 0 unspecified atom stereocenters. The first-order valence-electron chi connectivity index (χ1n) is 4.56. The van der Waals surface area contributed by atoms with Gasteiger partial charge in [0.05, 0.1) is 11.3 Å². The Kier molecular flexibility index (Phi) is 4.58. The molecule has 2 N–H and O–H groups in total. The second-order valence-corrected chi connectivity index (χ2v) is 4.71. The molecule has 0 aromatic heterocycles. The van der Waals surface area contributed by atoms with Crippen molar-refractivity contribution in [3.63, 3.8) is 0 Å². The summed E-state index contributed by atoms with van der Waals surface area (Å²) in [6.45, 7) is -0.459. The van der Waals surface area contributed by atoms with Crippen LogP contribution in [0.1, 0.15) is 5.56 Å². The van der Waals surface area contributed by atoms with Gasteiger partial charge >= 0.3 is 5.76 Å². The second kappa shape index (κ2) is 5.75. The van der Waals surface area contributed by atoms with Crippen LogP contribution in [0.3, 0.4) is 0 Å². The van der Waals surface area contributed by atoms with Crippen LogP contribution in [-0.4, -0.2) is 25.9 Å². The third-order valence-corrected chi connectivity index (χ3v) is 2.76. The summed E-state index contributed by atoms with van der Waals surface area (Å²) in [5.41, 5.74) is -0.411. The molecule has 18 heavy (non-hydrogen) atoms. The van der Waals surface area contributed by atoms with Crippen LogP contribution in [0.5, 0.6) is 0 Å². The molecule has 4 nitrogen and oxygen atoms in total. The van der Waals surface area contributed by atoms with E-state index >= 15 is 0 Å². The van der Waals surface area contributed by atoms with Gasteiger partial charge in [-0.15, -0.1) is 0 Å². The number of hydrogen-bond acceptors (Lipinski definition) is 3. The lowest BCUT2D eigenvalue weighted by Crippen LogP contribution is -2.20. The highest BCUT2D eigenvalue weighted by Gasteiger charge is 2.23. The standard InChI is InChI=1S/C10H8F3NO3S/c11-9-6-8(14-18(16,17)10(12)13)4-3-7(9)2-1-5-15/h3-4,6,10,14-15H,5H2. The summed E-state index contributed by atoms with van der Waals surface area (Å²) >= 11 is 0. The molecule has 1 aromatic carbocycles. The van der Waals surface area contributed by atoms with Gasteiger partial charge in [0.15, 0.2) is 0 Å². The summed E-state index contributed by atoms with van der Waals surface area (Å²) in [6, 6.07) is 2.92. The van der Waals surface area contributed by atoms with Crippen LogP contribution < -0.4 is 4.72 Å². The second-order valence-electron chi connectivity index (χ2n) is 3.06. The van der Waals surface area contributed by atoms with Crippen molar-refractivity contribution in [1.82, 2.24) is 0 Å². The molecule has 0 aliphatic rings. The van der Waals surface area contributed by atoms with E-state index < -0.39 is 28.2 Å². The molecular weight excluding hydrogens is 271 g/mol. The molecule has 8 heteroatoms. The van der Waals surface area contributed by atoms with E-state index in [-0.39, 0.29) is 11.3 Å². The molecule has 0 aliphatic heterocycles. The Morgan fingerprint density at radius 3 is 2.56 bits per heavy atom. The van der Waals surface area contributed by atoms with Crippen molar-refractivity contribution in [2.45, 2.75) is 5.76 Å². The number of anilines is 1. The summed E-state index contributed by atoms with van der Waals surface area (Å²) in [6.07, 6.45) is 0. The highest BCUT2D eigenvalue weighted by Crippen LogP contribution is 2.17. The number of rotatable bonds is 3. The van der Waals surface area contributed by atoms with E-state index in [0.717, 1.165) is 18.2 Å². The Labute approximate surface area is 101 Å². The maximum absolute atomic E-state index is 13.3. The zero-order valence-electron chi connectivity index (χ0n) is 8.82. The third-order valence-electron chi connectivity index (χ3n) is 1.77. The average molecular weight is 279 g/mol. The number of aliphatic hydroxyl groups is 1. The SMILES string of the molecule is O=S(=O)(Nc1ccc(C#CCO)c(F)c1)C(F)F. The lowest BCUT2D eigenvalue weighted by Gasteiger charge is -2.07. The molecule has 0 saturated carbocycles. The highest BCUT2D eigenvalue weighted by atomic mass is 32.2. The van der Waals surface area contributed by atoms with Crippen LogP contribution in [0.2, 0.25) is 0 Å². The lowest BCUT2D eigenvalue weighted by molar-refractivity contribution is 0.236. The summed E-state index contributed by atoms with van der Waals surface area (Å²) in [5.74, 6) is -0.0130. The van der Waals surface area contributed by atoms with Gasteiger partial charge in [-0.2, -0.15) is 8.78 Å². The van der Waals surface area contributed by atoms with E-state index in [9.17, 15) is 21.6 Å². The van der Waals surface area contributed by atoms with E-state index in [1.807, 2.05) is 0 Å². The summed E-state index contributed by atoms with van der Waals surface area (Å²) in [7, 11) is -4.82. The number of alkyl halides is 2. The van der Waals surface area contributed by atoms with Gasteiger partial charge in [0.25, 0.3) is 10.0 Å². The van der Waals surface area contributed by atoms with Crippen LogP contribution in [0.4, 0.5) is 18.9 Å². The van der Waals surface area contributed by atoms with Gasteiger partial charge in [-0.1, -0.05) is 11.8 Å². The molecule has 0 atom stereocenters. The number of hydrogen-bond donors (Lipinski definition) is 2. The monoisotopic (exact) mass is 279 g/mol. The van der Waals surface area contributed by atoms with Crippen molar-refractivity contribution >= 4 is 15.7 Å². The minimum Gasteiger partial charge on any atom is -0.384 e. The molecular formula is C10H8F3NO3S. The fourth-order valence-electron chi connectivity index (χ4n) is 1.02. The number of halogens is 3. The van der Waals surface area contributed by atoms with Gasteiger partial charge in [-0.3, -0.25) is 4.72 Å². The Morgan fingerprint density at radius 2 is 2.06 bits per heavy atom. The normalized spacial score (nSPS) is 10.9. The third kappa shape index (κ3) is 3.65. The van der Waals surface area contributed by atoms with Gasteiger partial charge in [0, 0.05) is 0 Å². The van der Waals surface area contributed by atoms with E-state index in [1.165, 1.54) is 4.72 Å². The Hall–Kier alpha value is -1.72. The lowest BCUT2D eigenvalue weighted by atomic mass is 10.2. The molecule has 0 radical (unpaired) electrons. The minimum absolute atomic E-state index is 0.0796. The molecule has 0 heterocycles. The molecule has 1 aromatic rings. The van der Waals surface area contributed by atoms with Crippen LogP contribution in [0, 0.1) is 17.7 Å². The highest BCUT2D eigenvalue weighted by molar-refractivity contribution is 7.93. The molecule has 0 fully saturated rings. The zero-order valence-corrected chi connectivity index (χ0v) is 9.64. The maximum atomic E-state index is 13.3. The van der Waals surface area contributed by atoms with E-state index in [0.29, 0.717) is 0 Å². The fourth-order valence-corrected chi connectivity index (χ4v) is 1.57. The minimum atomic E-state index is -4.82. The predicted octanol–water partition coefficient (Wildman–Crippen LogP) is 1.13. The van der Waals surface area contributed by atoms with E-state index in [2.05, 4.69) is 11.8 Å². The zero-order chi connectivity index (χ0) is 13.8. The van der Waals surface area contributed by atoms with Crippen LogP contribution in [-0.2, 0) is 10.0 Å². The van der Waals surface area contributed by atoms with Crippen molar-refractivity contribution < 1.29 is 26.7 Å². The van der Waals surface area contributed by atoms with Gasteiger partial charge in [-0.05, 0) is 18.2 Å². The number of nitrogens with one attached hydrogen (secondary N) is 1. The maximum Gasteiger partial charge on any atom is 0.355 e. The summed E-state index contributed by atoms with van der Waals surface area (Å²) < 4.78 is 60.6. The van der Waals surface area contributed by atoms with Crippen LogP contribution >= 0.6 is 0 Å². The largest absolute Gasteiger partial charge is 0.384 e. The van der Waals surface area contributed by atoms with Crippen molar-refractivity contribution in [3.8, 4) is 11.8 Å². The fraction of sp³-hybridized carbons (Fsp3) is 0.200. The molecule has 0 spiro atoms. The first-order valence-corrected chi connectivity index (χ1v) is 6.10. The summed E-state index contributed by atoms with van der Waals surface area (Å²) in [5, 5.41) is 8.42. The predicted molar refractivity (Wildman–Crippen MR) is 58.9 cm³/mol. The molecule has 98 valence electrons. The molecule has 0 aliphatic carbocycles. The molecule has 0 saturated heterocycles. The van der Waals surface area contributed by atoms with Gasteiger partial charge in [-0.25, -0.2) is 12.8 Å².